The van der Waals surface area contributed by atoms with E-state index in [1.807, 2.05) is 0 Å². The van der Waals surface area contributed by atoms with E-state index in [1.54, 1.807) is 6.07 Å². The van der Waals surface area contributed by atoms with Crippen LogP contribution in [-0.2, 0) is 4.74 Å². The highest BCUT2D eigenvalue weighted by atomic mass is 79.9. The monoisotopic (exact) mass is 246 g/mol. The molecule has 1 aliphatic heterocycles. The highest BCUT2D eigenvalue weighted by Gasteiger charge is 2.23. The molecule has 0 amide bonds. The molecular formula is C9H8BrFO2. The van der Waals surface area contributed by atoms with Crippen molar-refractivity contribution in [1.82, 2.24) is 0 Å². The molecule has 2 nitrogen and oxygen atoms in total. The fourth-order valence-corrected chi connectivity index (χ4v) is 1.40. The normalized spacial score (nSPS) is 20.0. The Kier molecular flexibility index (Phi) is 2.51. The van der Waals surface area contributed by atoms with Crippen molar-refractivity contribution in [2.24, 2.45) is 0 Å². The lowest BCUT2D eigenvalue weighted by Crippen LogP contribution is -2.04. The van der Waals surface area contributed by atoms with E-state index in [0.29, 0.717) is 16.8 Å². The number of hydrogen-bond donors (Lipinski definition) is 0. The van der Waals surface area contributed by atoms with E-state index in [-0.39, 0.29) is 11.9 Å². The van der Waals surface area contributed by atoms with Crippen LogP contribution >= 0.6 is 15.9 Å². The molecule has 13 heavy (non-hydrogen) atoms. The SMILES string of the molecule is Fc1ccc(OC[C@H]2CO2)c(Br)c1. The van der Waals surface area contributed by atoms with E-state index in [9.17, 15) is 4.39 Å². The summed E-state index contributed by atoms with van der Waals surface area (Å²) in [6.07, 6.45) is 0.219. The zero-order valence-electron chi connectivity index (χ0n) is 6.80. The lowest BCUT2D eigenvalue weighted by atomic mass is 10.3. The quantitative estimate of drug-likeness (QED) is 0.765. The Bertz CT molecular complexity index is 312. The van der Waals surface area contributed by atoms with E-state index >= 15 is 0 Å². The minimum absolute atomic E-state index is 0.219. The van der Waals surface area contributed by atoms with Gasteiger partial charge in [0.25, 0.3) is 0 Å². The topological polar surface area (TPSA) is 21.8 Å². The van der Waals surface area contributed by atoms with Crippen LogP contribution in [0.15, 0.2) is 22.7 Å². The van der Waals surface area contributed by atoms with Gasteiger partial charge < -0.3 is 9.47 Å². The van der Waals surface area contributed by atoms with Gasteiger partial charge in [-0.25, -0.2) is 4.39 Å². The van der Waals surface area contributed by atoms with Crippen molar-refractivity contribution in [3.8, 4) is 5.75 Å². The summed E-state index contributed by atoms with van der Waals surface area (Å²) in [4.78, 5) is 0. The molecule has 1 aliphatic rings. The predicted octanol–water partition coefficient (Wildman–Crippen LogP) is 2.37. The van der Waals surface area contributed by atoms with Gasteiger partial charge >= 0.3 is 0 Å². The van der Waals surface area contributed by atoms with E-state index in [2.05, 4.69) is 15.9 Å². The summed E-state index contributed by atoms with van der Waals surface area (Å²) in [5.41, 5.74) is 0. The van der Waals surface area contributed by atoms with Gasteiger partial charge in [0.1, 0.15) is 24.3 Å². The second-order valence-corrected chi connectivity index (χ2v) is 3.70. The maximum absolute atomic E-state index is 12.6. The van der Waals surface area contributed by atoms with Gasteiger partial charge in [-0.15, -0.1) is 0 Å². The van der Waals surface area contributed by atoms with Crippen LogP contribution in [-0.4, -0.2) is 19.3 Å². The van der Waals surface area contributed by atoms with Crippen LogP contribution in [0.5, 0.6) is 5.75 Å². The van der Waals surface area contributed by atoms with E-state index < -0.39 is 0 Å². The van der Waals surface area contributed by atoms with Crippen LogP contribution in [0.4, 0.5) is 4.39 Å². The van der Waals surface area contributed by atoms with Crippen molar-refractivity contribution in [3.63, 3.8) is 0 Å². The van der Waals surface area contributed by atoms with Gasteiger partial charge in [-0.1, -0.05) is 0 Å². The highest BCUT2D eigenvalue weighted by Crippen LogP contribution is 2.26. The Labute approximate surface area is 83.8 Å². The van der Waals surface area contributed by atoms with Crippen molar-refractivity contribution in [3.05, 3.63) is 28.5 Å². The van der Waals surface area contributed by atoms with Crippen molar-refractivity contribution in [2.45, 2.75) is 6.10 Å². The lowest BCUT2D eigenvalue weighted by Gasteiger charge is -2.05. The third kappa shape index (κ3) is 2.42. The highest BCUT2D eigenvalue weighted by molar-refractivity contribution is 9.10. The molecule has 70 valence electrons. The van der Waals surface area contributed by atoms with E-state index in [1.165, 1.54) is 12.1 Å². The second kappa shape index (κ2) is 3.64. The molecule has 1 aromatic rings. The Balaban J connectivity index is 2.01. The summed E-state index contributed by atoms with van der Waals surface area (Å²) in [6, 6.07) is 4.35. The second-order valence-electron chi connectivity index (χ2n) is 2.84. The smallest absolute Gasteiger partial charge is 0.133 e. The fourth-order valence-electron chi connectivity index (χ4n) is 0.939. The van der Waals surface area contributed by atoms with Gasteiger partial charge in [0.2, 0.25) is 0 Å². The van der Waals surface area contributed by atoms with Gasteiger partial charge in [0.05, 0.1) is 11.1 Å². The zero-order chi connectivity index (χ0) is 9.26. The molecule has 0 saturated carbocycles. The molecule has 0 spiro atoms. The van der Waals surface area contributed by atoms with Crippen LogP contribution in [0.1, 0.15) is 0 Å². The largest absolute Gasteiger partial charge is 0.490 e. The molecule has 1 heterocycles. The zero-order valence-corrected chi connectivity index (χ0v) is 8.38. The molecule has 2 rings (SSSR count). The van der Waals surface area contributed by atoms with Crippen molar-refractivity contribution < 1.29 is 13.9 Å². The number of ether oxygens (including phenoxy) is 2. The van der Waals surface area contributed by atoms with Crippen molar-refractivity contribution in [1.29, 1.82) is 0 Å². The number of halogens is 2. The molecule has 1 aromatic carbocycles. The van der Waals surface area contributed by atoms with Crippen LogP contribution in [0.25, 0.3) is 0 Å². The summed E-state index contributed by atoms with van der Waals surface area (Å²) in [5, 5.41) is 0. The number of hydrogen-bond acceptors (Lipinski definition) is 2. The average Bonchev–Trinajstić information content (AvgIpc) is 2.86. The molecule has 0 bridgehead atoms. The molecule has 4 heteroatoms. The molecule has 0 N–H and O–H groups in total. The van der Waals surface area contributed by atoms with Crippen molar-refractivity contribution >= 4 is 15.9 Å². The van der Waals surface area contributed by atoms with Crippen molar-refractivity contribution in [2.75, 3.05) is 13.2 Å². The van der Waals surface area contributed by atoms with Crippen LogP contribution in [0.2, 0.25) is 0 Å². The summed E-state index contributed by atoms with van der Waals surface area (Å²) < 4.78 is 23.6. The van der Waals surface area contributed by atoms with Crippen LogP contribution < -0.4 is 4.74 Å². The number of epoxide rings is 1. The van der Waals surface area contributed by atoms with Gasteiger partial charge in [0.15, 0.2) is 0 Å². The number of benzene rings is 1. The Morgan fingerprint density at radius 3 is 3.00 bits per heavy atom. The molecule has 1 atom stereocenters. The Morgan fingerprint density at radius 2 is 2.38 bits per heavy atom. The molecule has 0 aliphatic carbocycles. The fraction of sp³-hybridized carbons (Fsp3) is 0.333. The summed E-state index contributed by atoms with van der Waals surface area (Å²) in [5.74, 6) is 0.374. The summed E-state index contributed by atoms with van der Waals surface area (Å²) in [7, 11) is 0. The first-order chi connectivity index (χ1) is 6.25. The van der Waals surface area contributed by atoms with Gasteiger partial charge in [-0.05, 0) is 34.1 Å². The Morgan fingerprint density at radius 1 is 1.62 bits per heavy atom. The Hall–Kier alpha value is -0.610. The maximum Gasteiger partial charge on any atom is 0.133 e. The van der Waals surface area contributed by atoms with E-state index in [0.717, 1.165) is 6.61 Å². The predicted molar refractivity (Wildman–Crippen MR) is 49.3 cm³/mol. The minimum atomic E-state index is -0.276. The third-order valence-corrected chi connectivity index (χ3v) is 2.34. The van der Waals surface area contributed by atoms with E-state index in [4.69, 9.17) is 9.47 Å². The average molecular weight is 247 g/mol. The van der Waals surface area contributed by atoms with Gasteiger partial charge in [-0.3, -0.25) is 0 Å². The summed E-state index contributed by atoms with van der Waals surface area (Å²) >= 11 is 3.21. The molecule has 1 fully saturated rings. The van der Waals surface area contributed by atoms with Gasteiger partial charge in [-0.2, -0.15) is 0 Å². The van der Waals surface area contributed by atoms with Crippen LogP contribution in [0.3, 0.4) is 0 Å². The van der Waals surface area contributed by atoms with Gasteiger partial charge in [0, 0.05) is 0 Å². The minimum Gasteiger partial charge on any atom is -0.490 e. The first-order valence-corrected chi connectivity index (χ1v) is 4.74. The standard InChI is InChI=1S/C9H8BrFO2/c10-8-3-6(11)1-2-9(8)13-5-7-4-12-7/h1-3,7H,4-5H2/t7-/m1/s1. The number of rotatable bonds is 3. The lowest BCUT2D eigenvalue weighted by molar-refractivity contribution is 0.261. The summed E-state index contributed by atoms with van der Waals surface area (Å²) in [6.45, 7) is 1.29. The third-order valence-electron chi connectivity index (χ3n) is 1.72. The van der Waals surface area contributed by atoms with Crippen LogP contribution in [0, 0.1) is 5.82 Å². The molecule has 0 radical (unpaired) electrons. The molecular weight excluding hydrogens is 239 g/mol. The molecule has 0 aromatic heterocycles. The first-order valence-electron chi connectivity index (χ1n) is 3.95. The molecule has 1 saturated heterocycles. The first kappa shape index (κ1) is 8.97. The maximum atomic E-state index is 12.6. The molecule has 0 unspecified atom stereocenters.